The van der Waals surface area contributed by atoms with E-state index in [-0.39, 0.29) is 29.4 Å². The number of hydrogen-bond donors (Lipinski definition) is 1. The van der Waals surface area contributed by atoms with E-state index in [0.29, 0.717) is 19.6 Å². The van der Waals surface area contributed by atoms with Gasteiger partial charge in [0.15, 0.2) is 0 Å². The fourth-order valence-corrected chi connectivity index (χ4v) is 3.12. The van der Waals surface area contributed by atoms with Crippen LogP contribution in [0.2, 0.25) is 0 Å². The summed E-state index contributed by atoms with van der Waals surface area (Å²) in [5.41, 5.74) is 0. The van der Waals surface area contributed by atoms with Crippen molar-refractivity contribution in [1.82, 2.24) is 9.80 Å². The fourth-order valence-electron chi connectivity index (χ4n) is 2.35. The molecule has 2 saturated heterocycles. The molecular formula is C13H20N2O5S. The molecule has 7 nitrogen and oxygen atoms in total. The molecule has 3 amide bonds. The van der Waals surface area contributed by atoms with E-state index >= 15 is 0 Å². The second-order valence-corrected chi connectivity index (χ2v) is 6.59. The molecule has 0 radical (unpaired) electrons. The Morgan fingerprint density at radius 2 is 2.19 bits per heavy atom. The average molecular weight is 316 g/mol. The number of carbonyl (C=O) groups is 3. The van der Waals surface area contributed by atoms with Gasteiger partial charge in [-0.2, -0.15) is 0 Å². The predicted octanol–water partition coefficient (Wildman–Crippen LogP) is 0.910. The number of amides is 3. The second-order valence-electron chi connectivity index (χ2n) is 5.66. The number of carbonyl (C=O) groups excluding carboxylic acids is 3. The number of aliphatic hydroxyl groups excluding tert-OH is 1. The van der Waals surface area contributed by atoms with Gasteiger partial charge in [-0.25, -0.2) is 4.79 Å². The Labute approximate surface area is 127 Å². The van der Waals surface area contributed by atoms with Crippen molar-refractivity contribution in [2.24, 2.45) is 5.92 Å². The molecule has 0 bridgehead atoms. The van der Waals surface area contributed by atoms with E-state index in [1.165, 1.54) is 4.90 Å². The molecule has 0 aromatic carbocycles. The first-order valence-corrected chi connectivity index (χ1v) is 7.97. The Balaban J connectivity index is 2.00. The van der Waals surface area contributed by atoms with Crippen LogP contribution >= 0.6 is 11.8 Å². The predicted molar refractivity (Wildman–Crippen MR) is 76.9 cm³/mol. The van der Waals surface area contributed by atoms with Gasteiger partial charge in [-0.15, -0.1) is 0 Å². The normalized spacial score (nSPS) is 26.7. The zero-order valence-electron chi connectivity index (χ0n) is 12.2. The molecular weight excluding hydrogens is 296 g/mol. The number of ether oxygens (including phenoxy) is 1. The van der Waals surface area contributed by atoms with E-state index < -0.39 is 18.2 Å². The molecule has 0 spiro atoms. The third-order valence-corrected chi connectivity index (χ3v) is 4.30. The highest BCUT2D eigenvalue weighted by molar-refractivity contribution is 8.14. The lowest BCUT2D eigenvalue weighted by molar-refractivity contribution is -0.129. The molecule has 0 aliphatic carbocycles. The summed E-state index contributed by atoms with van der Waals surface area (Å²) >= 11 is 0.925. The van der Waals surface area contributed by atoms with Crippen LogP contribution in [0.15, 0.2) is 0 Å². The monoisotopic (exact) mass is 316 g/mol. The lowest BCUT2D eigenvalue weighted by atomic mass is 10.0. The molecule has 1 N–H and O–H groups in total. The molecule has 0 saturated carbocycles. The van der Waals surface area contributed by atoms with Gasteiger partial charge in [-0.3, -0.25) is 14.5 Å². The van der Waals surface area contributed by atoms with Crippen LogP contribution in [0.25, 0.3) is 0 Å². The number of hydrogen-bond acceptors (Lipinski definition) is 6. The van der Waals surface area contributed by atoms with Gasteiger partial charge in [0.1, 0.15) is 0 Å². The van der Waals surface area contributed by atoms with Crippen molar-refractivity contribution in [3.05, 3.63) is 0 Å². The molecule has 118 valence electrons. The average Bonchev–Trinajstić information content (AvgIpc) is 2.76. The number of likely N-dealkylation sites (tertiary alicyclic amines) is 1. The maximum absolute atomic E-state index is 12.0. The summed E-state index contributed by atoms with van der Waals surface area (Å²) in [6.45, 7) is 4.68. The zero-order chi connectivity index (χ0) is 15.6. The molecule has 2 aliphatic heterocycles. The van der Waals surface area contributed by atoms with Crippen molar-refractivity contribution in [2.45, 2.75) is 32.4 Å². The van der Waals surface area contributed by atoms with Gasteiger partial charge in [0, 0.05) is 13.1 Å². The smallest absolute Gasteiger partial charge is 0.409 e. The Morgan fingerprint density at radius 3 is 2.76 bits per heavy atom. The topological polar surface area (TPSA) is 87.2 Å². The van der Waals surface area contributed by atoms with Gasteiger partial charge < -0.3 is 14.7 Å². The highest BCUT2D eigenvalue weighted by atomic mass is 32.2. The van der Waals surface area contributed by atoms with Gasteiger partial charge in [0.05, 0.1) is 24.5 Å². The number of nitrogens with zero attached hydrogens (tertiary/aromatic N) is 2. The minimum absolute atomic E-state index is 0.0971. The van der Waals surface area contributed by atoms with Crippen molar-refractivity contribution in [2.75, 3.05) is 25.4 Å². The first-order valence-electron chi connectivity index (χ1n) is 6.98. The van der Waals surface area contributed by atoms with E-state index in [9.17, 15) is 19.5 Å². The number of imide groups is 1. The summed E-state index contributed by atoms with van der Waals surface area (Å²) in [6, 6.07) is -0.680. The third kappa shape index (κ3) is 3.68. The van der Waals surface area contributed by atoms with Crippen molar-refractivity contribution in [1.29, 1.82) is 0 Å². The Kier molecular flexibility index (Phi) is 5.10. The van der Waals surface area contributed by atoms with E-state index in [2.05, 4.69) is 0 Å². The Hall–Kier alpha value is -1.28. The second kappa shape index (κ2) is 6.65. The van der Waals surface area contributed by atoms with Gasteiger partial charge in [0.25, 0.3) is 5.24 Å². The molecule has 2 atom stereocenters. The zero-order valence-corrected chi connectivity index (χ0v) is 13.0. The standard InChI is InChI=1S/C13H20N2O5S/c1-8(2)6-20-12(18)14-4-3-10(16)9(5-14)15-11(17)7-21-13(15)19/h8-10,16H,3-7H2,1-2H3. The van der Waals surface area contributed by atoms with Crippen LogP contribution < -0.4 is 0 Å². The van der Waals surface area contributed by atoms with Crippen molar-refractivity contribution in [3.63, 3.8) is 0 Å². The van der Waals surface area contributed by atoms with Crippen LogP contribution in [-0.2, 0) is 9.53 Å². The molecule has 0 aromatic heterocycles. The summed E-state index contributed by atoms with van der Waals surface area (Å²) in [4.78, 5) is 38.0. The number of piperidine rings is 1. The highest BCUT2D eigenvalue weighted by Crippen LogP contribution is 2.26. The van der Waals surface area contributed by atoms with Crippen molar-refractivity contribution < 1.29 is 24.2 Å². The number of thioether (sulfide) groups is 1. The van der Waals surface area contributed by atoms with Crippen LogP contribution in [0.5, 0.6) is 0 Å². The lowest BCUT2D eigenvalue weighted by Crippen LogP contribution is -2.57. The molecule has 8 heteroatoms. The molecule has 2 unspecified atom stereocenters. The van der Waals surface area contributed by atoms with E-state index in [1.807, 2.05) is 13.8 Å². The summed E-state index contributed by atoms with van der Waals surface area (Å²) in [5.74, 6) is 0.0181. The van der Waals surface area contributed by atoms with Crippen molar-refractivity contribution >= 4 is 29.0 Å². The van der Waals surface area contributed by atoms with Crippen LogP contribution in [0.1, 0.15) is 20.3 Å². The Morgan fingerprint density at radius 1 is 1.48 bits per heavy atom. The fraction of sp³-hybridized carbons (Fsp3) is 0.769. The minimum atomic E-state index is -0.800. The molecule has 2 fully saturated rings. The molecule has 21 heavy (non-hydrogen) atoms. The number of aliphatic hydroxyl groups is 1. The summed E-state index contributed by atoms with van der Waals surface area (Å²) in [7, 11) is 0. The minimum Gasteiger partial charge on any atom is -0.449 e. The maximum atomic E-state index is 12.0. The van der Waals surface area contributed by atoms with E-state index in [4.69, 9.17) is 4.74 Å². The molecule has 2 rings (SSSR count). The quantitative estimate of drug-likeness (QED) is 0.833. The molecule has 2 aliphatic rings. The van der Waals surface area contributed by atoms with E-state index in [1.54, 1.807) is 0 Å². The Bertz CT molecular complexity index is 426. The van der Waals surface area contributed by atoms with Crippen LogP contribution in [0.4, 0.5) is 9.59 Å². The van der Waals surface area contributed by atoms with Crippen molar-refractivity contribution in [3.8, 4) is 0 Å². The van der Waals surface area contributed by atoms with Crippen LogP contribution in [-0.4, -0.2) is 69.7 Å². The largest absolute Gasteiger partial charge is 0.449 e. The summed E-state index contributed by atoms with van der Waals surface area (Å²) in [6.07, 6.45) is -0.943. The first kappa shape index (κ1) is 16.1. The first-order chi connectivity index (χ1) is 9.90. The molecule has 2 heterocycles. The highest BCUT2D eigenvalue weighted by Gasteiger charge is 2.43. The van der Waals surface area contributed by atoms with Gasteiger partial charge >= 0.3 is 6.09 Å². The third-order valence-electron chi connectivity index (χ3n) is 3.46. The van der Waals surface area contributed by atoms with Gasteiger partial charge in [-0.05, 0) is 12.3 Å². The number of rotatable bonds is 3. The van der Waals surface area contributed by atoms with Gasteiger partial charge in [-0.1, -0.05) is 25.6 Å². The lowest BCUT2D eigenvalue weighted by Gasteiger charge is -2.38. The SMILES string of the molecule is CC(C)COC(=O)N1CCC(O)C(N2C(=O)CSC2=O)C1. The summed E-state index contributed by atoms with van der Waals surface area (Å²) in [5, 5.41) is 9.69. The van der Waals surface area contributed by atoms with Crippen LogP contribution in [0, 0.1) is 5.92 Å². The summed E-state index contributed by atoms with van der Waals surface area (Å²) < 4.78 is 5.15. The molecule has 0 aromatic rings. The van der Waals surface area contributed by atoms with Gasteiger partial charge in [0.2, 0.25) is 5.91 Å². The van der Waals surface area contributed by atoms with Crippen LogP contribution in [0.3, 0.4) is 0 Å². The maximum Gasteiger partial charge on any atom is 0.409 e. The van der Waals surface area contributed by atoms with E-state index in [0.717, 1.165) is 16.7 Å².